The molecule has 2 aliphatic rings. The number of fused-ring (bicyclic) bond motifs is 2. The average molecular weight is 330 g/mol. The van der Waals surface area contributed by atoms with E-state index in [1.807, 2.05) is 49.9 Å². The molecule has 2 aliphatic heterocycles. The van der Waals surface area contributed by atoms with E-state index in [9.17, 15) is 9.59 Å². The Hall–Kier alpha value is -1.92. The molecular weight excluding hydrogens is 316 g/mol. The Bertz CT molecular complexity index is 816. The molecule has 4 rings (SSSR count). The third kappa shape index (κ3) is 1.56. The SMILES string of the molecule is Cc1cc2c(s1)C(=O)/C(=C1/C(=O)c3sc(C)cc3N1C)N2C. The highest BCUT2D eigenvalue weighted by atomic mass is 32.1. The maximum Gasteiger partial charge on any atom is 0.223 e. The van der Waals surface area contributed by atoms with E-state index in [1.165, 1.54) is 22.7 Å². The van der Waals surface area contributed by atoms with Crippen LogP contribution in [0.4, 0.5) is 11.4 Å². The summed E-state index contributed by atoms with van der Waals surface area (Å²) in [6.07, 6.45) is 0. The molecule has 0 fully saturated rings. The van der Waals surface area contributed by atoms with Gasteiger partial charge in [0.05, 0.1) is 11.4 Å². The molecular formula is C16H14N2O2S2. The second-order valence-corrected chi connectivity index (χ2v) is 8.13. The van der Waals surface area contributed by atoms with Gasteiger partial charge in [0.25, 0.3) is 0 Å². The van der Waals surface area contributed by atoms with Gasteiger partial charge in [-0.3, -0.25) is 9.59 Å². The van der Waals surface area contributed by atoms with Crippen LogP contribution in [0.1, 0.15) is 29.1 Å². The van der Waals surface area contributed by atoms with Crippen molar-refractivity contribution in [3.05, 3.63) is 43.0 Å². The summed E-state index contributed by atoms with van der Waals surface area (Å²) < 4.78 is 0. The number of aryl methyl sites for hydroxylation is 2. The van der Waals surface area contributed by atoms with Crippen molar-refractivity contribution in [2.45, 2.75) is 13.8 Å². The summed E-state index contributed by atoms with van der Waals surface area (Å²) in [4.78, 5) is 32.9. The van der Waals surface area contributed by atoms with Crippen LogP contribution in [0.25, 0.3) is 0 Å². The number of allylic oxidation sites excluding steroid dienone is 2. The Morgan fingerprint density at radius 1 is 0.773 bits per heavy atom. The van der Waals surface area contributed by atoms with E-state index in [4.69, 9.17) is 0 Å². The maximum atomic E-state index is 12.8. The fourth-order valence-electron chi connectivity index (χ4n) is 3.12. The number of likely N-dealkylation sites (N-methyl/N-ethyl adjacent to an activating group) is 2. The Labute approximate surface area is 136 Å². The van der Waals surface area contributed by atoms with Gasteiger partial charge in [-0.1, -0.05) is 0 Å². The predicted molar refractivity (Wildman–Crippen MR) is 90.6 cm³/mol. The molecule has 22 heavy (non-hydrogen) atoms. The van der Waals surface area contributed by atoms with Crippen LogP contribution >= 0.6 is 22.7 Å². The molecule has 0 radical (unpaired) electrons. The van der Waals surface area contributed by atoms with Crippen LogP contribution in [-0.2, 0) is 0 Å². The molecule has 0 N–H and O–H groups in total. The average Bonchev–Trinajstić information content (AvgIpc) is 3.13. The van der Waals surface area contributed by atoms with Gasteiger partial charge in [0.1, 0.15) is 21.1 Å². The first-order valence-electron chi connectivity index (χ1n) is 6.92. The van der Waals surface area contributed by atoms with Crippen molar-refractivity contribution in [3.8, 4) is 0 Å². The van der Waals surface area contributed by atoms with E-state index in [0.717, 1.165) is 30.9 Å². The monoisotopic (exact) mass is 330 g/mol. The first kappa shape index (κ1) is 13.7. The summed E-state index contributed by atoms with van der Waals surface area (Å²) >= 11 is 2.98. The number of rotatable bonds is 0. The van der Waals surface area contributed by atoms with Gasteiger partial charge in [-0.05, 0) is 26.0 Å². The minimum absolute atomic E-state index is 0.0438. The van der Waals surface area contributed by atoms with Crippen molar-refractivity contribution >= 4 is 45.6 Å². The zero-order valence-corrected chi connectivity index (χ0v) is 14.3. The van der Waals surface area contributed by atoms with E-state index < -0.39 is 0 Å². The van der Waals surface area contributed by atoms with Crippen LogP contribution in [0.3, 0.4) is 0 Å². The van der Waals surface area contributed by atoms with Gasteiger partial charge in [0.2, 0.25) is 11.6 Å². The number of carbonyl (C=O) groups is 2. The minimum atomic E-state index is -0.0438. The van der Waals surface area contributed by atoms with E-state index in [1.54, 1.807) is 0 Å². The molecule has 4 nitrogen and oxygen atoms in total. The number of nitrogens with zero attached hydrogens (tertiary/aromatic N) is 2. The lowest BCUT2D eigenvalue weighted by molar-refractivity contribution is 0.101. The molecule has 0 aliphatic carbocycles. The molecule has 0 saturated heterocycles. The summed E-state index contributed by atoms with van der Waals surface area (Å²) in [5, 5.41) is 0. The second-order valence-electron chi connectivity index (χ2n) is 5.62. The fraction of sp³-hybridized carbons (Fsp3) is 0.250. The molecule has 6 heteroatoms. The number of hydrogen-bond acceptors (Lipinski definition) is 6. The van der Waals surface area contributed by atoms with Crippen molar-refractivity contribution in [3.63, 3.8) is 0 Å². The Morgan fingerprint density at radius 2 is 1.14 bits per heavy atom. The lowest BCUT2D eigenvalue weighted by Gasteiger charge is -2.20. The number of Topliss-reactive ketones (excluding diaryl/α,β-unsaturated/α-hetero) is 2. The van der Waals surface area contributed by atoms with Crippen LogP contribution < -0.4 is 9.80 Å². The molecule has 2 aromatic heterocycles. The van der Waals surface area contributed by atoms with Gasteiger partial charge >= 0.3 is 0 Å². The molecule has 0 amide bonds. The van der Waals surface area contributed by atoms with E-state index in [2.05, 4.69) is 0 Å². The van der Waals surface area contributed by atoms with Gasteiger partial charge in [-0.15, -0.1) is 22.7 Å². The van der Waals surface area contributed by atoms with Crippen molar-refractivity contribution in [1.29, 1.82) is 0 Å². The maximum absolute atomic E-state index is 12.8. The Morgan fingerprint density at radius 3 is 1.45 bits per heavy atom. The number of thiophene rings is 2. The highest BCUT2D eigenvalue weighted by molar-refractivity contribution is 7.15. The smallest absolute Gasteiger partial charge is 0.223 e. The van der Waals surface area contributed by atoms with Crippen molar-refractivity contribution < 1.29 is 9.59 Å². The molecule has 0 unspecified atom stereocenters. The third-order valence-corrected chi connectivity index (χ3v) is 6.21. The van der Waals surface area contributed by atoms with Crippen molar-refractivity contribution in [2.24, 2.45) is 0 Å². The van der Waals surface area contributed by atoms with E-state index in [-0.39, 0.29) is 11.6 Å². The van der Waals surface area contributed by atoms with Gasteiger partial charge in [0, 0.05) is 23.8 Å². The molecule has 0 atom stereocenters. The zero-order chi connectivity index (χ0) is 15.8. The highest BCUT2D eigenvalue weighted by Gasteiger charge is 2.42. The number of carbonyl (C=O) groups excluding carboxylic acids is 2. The largest absolute Gasteiger partial charge is 0.338 e. The van der Waals surface area contributed by atoms with Gasteiger partial charge in [0.15, 0.2) is 0 Å². The van der Waals surface area contributed by atoms with Crippen LogP contribution in [-0.4, -0.2) is 25.7 Å². The number of hydrogen-bond donors (Lipinski definition) is 0. The summed E-state index contributed by atoms with van der Waals surface area (Å²) in [7, 11) is 3.72. The first-order valence-corrected chi connectivity index (χ1v) is 8.55. The predicted octanol–water partition coefficient (Wildman–Crippen LogP) is 3.60. The summed E-state index contributed by atoms with van der Waals surface area (Å²) in [5.74, 6) is -0.0876. The van der Waals surface area contributed by atoms with Gasteiger partial charge < -0.3 is 9.80 Å². The highest BCUT2D eigenvalue weighted by Crippen LogP contribution is 2.45. The van der Waals surface area contributed by atoms with Crippen molar-refractivity contribution in [1.82, 2.24) is 0 Å². The van der Waals surface area contributed by atoms with Crippen LogP contribution in [0.15, 0.2) is 23.5 Å². The van der Waals surface area contributed by atoms with Crippen molar-refractivity contribution in [2.75, 3.05) is 23.9 Å². The number of ketones is 2. The molecule has 2 aromatic rings. The standard InChI is InChI=1S/C16H14N2O2S2/c1-7-5-9-15(21-7)13(19)11(17(9)3)12-14(20)16-10(18(12)4)6-8(2)22-16/h5-6H,1-4H3/b12-11+. The number of anilines is 2. The Kier molecular flexibility index (Phi) is 2.68. The molecule has 4 heterocycles. The van der Waals surface area contributed by atoms with E-state index >= 15 is 0 Å². The first-order chi connectivity index (χ1) is 10.4. The summed E-state index contributed by atoms with van der Waals surface area (Å²) in [6.45, 7) is 3.98. The van der Waals surface area contributed by atoms with Crippen LogP contribution in [0.2, 0.25) is 0 Å². The van der Waals surface area contributed by atoms with E-state index in [0.29, 0.717) is 11.4 Å². The zero-order valence-electron chi connectivity index (χ0n) is 12.7. The third-order valence-electron chi connectivity index (χ3n) is 4.13. The molecule has 112 valence electrons. The quantitative estimate of drug-likeness (QED) is 0.692. The van der Waals surface area contributed by atoms with Gasteiger partial charge in [-0.2, -0.15) is 0 Å². The van der Waals surface area contributed by atoms with Crippen LogP contribution in [0.5, 0.6) is 0 Å². The summed E-state index contributed by atoms with van der Waals surface area (Å²) in [5.41, 5.74) is 2.80. The lowest BCUT2D eigenvalue weighted by atomic mass is 10.2. The second kappa shape index (κ2) is 4.30. The molecule has 0 spiro atoms. The summed E-state index contributed by atoms with van der Waals surface area (Å²) in [6, 6.07) is 4.01. The molecule has 0 bridgehead atoms. The van der Waals surface area contributed by atoms with Gasteiger partial charge in [-0.25, -0.2) is 0 Å². The topological polar surface area (TPSA) is 40.6 Å². The Balaban J connectivity index is 1.90. The molecule has 0 saturated carbocycles. The lowest BCUT2D eigenvalue weighted by Crippen LogP contribution is -2.26. The molecule has 0 aromatic carbocycles. The minimum Gasteiger partial charge on any atom is -0.338 e. The van der Waals surface area contributed by atoms with Crippen LogP contribution in [0, 0.1) is 13.8 Å². The normalized spacial score (nSPS) is 20.2. The fourth-order valence-corrected chi connectivity index (χ4v) is 5.08.